The van der Waals surface area contributed by atoms with Crippen LogP contribution in [0, 0.1) is 0 Å². The molecule has 76 heavy (non-hydrogen) atoms. The van der Waals surface area contributed by atoms with Crippen molar-refractivity contribution in [1.82, 2.24) is 29.9 Å². The maximum atomic E-state index is 6.65. The summed E-state index contributed by atoms with van der Waals surface area (Å²) in [6.07, 6.45) is 0. The highest BCUT2D eigenvalue weighted by molar-refractivity contribution is 6.01. The van der Waals surface area contributed by atoms with Crippen LogP contribution in [0.25, 0.3) is 79.5 Å². The highest BCUT2D eigenvalue weighted by Gasteiger charge is 2.32. The Morgan fingerprint density at radius 3 is 0.724 bits per heavy atom. The number of para-hydroxylation sites is 8. The molecule has 10 nitrogen and oxygen atoms in total. The molecule has 10 heteroatoms. The van der Waals surface area contributed by atoms with Gasteiger partial charge in [-0.05, 0) is 60.7 Å². The number of benzene rings is 10. The Balaban J connectivity index is 1.05. The SMILES string of the molecule is c1ccc(-c2nc(-c3ccccc3)nc(-c3ccc(-c4ccc(-c5nc(-c6ccccc6)nc(-c6ccccc6)n5)cc4N4c5ccccc5Oc5ccccc54)c(N4c5ccccc5Oc5ccccc54)c3)n2)cc1. The normalized spacial score (nSPS) is 12.1. The lowest BCUT2D eigenvalue weighted by molar-refractivity contribution is 0.476. The average molecular weight is 979 g/mol. The van der Waals surface area contributed by atoms with Crippen LogP contribution in [0.5, 0.6) is 23.0 Å². The molecule has 0 atom stereocenters. The van der Waals surface area contributed by atoms with Gasteiger partial charge in [-0.1, -0.05) is 194 Å². The van der Waals surface area contributed by atoms with E-state index in [1.807, 2.05) is 194 Å². The van der Waals surface area contributed by atoms with Crippen molar-refractivity contribution in [2.24, 2.45) is 0 Å². The third-order valence-corrected chi connectivity index (χ3v) is 13.5. The van der Waals surface area contributed by atoms with E-state index >= 15 is 0 Å². The number of aromatic nitrogens is 6. The van der Waals surface area contributed by atoms with E-state index in [1.54, 1.807) is 0 Å². The molecule has 0 amide bonds. The van der Waals surface area contributed by atoms with Crippen molar-refractivity contribution >= 4 is 34.1 Å². The van der Waals surface area contributed by atoms with Gasteiger partial charge in [0.05, 0.1) is 34.1 Å². The molecule has 0 unspecified atom stereocenters. The second-order valence-electron chi connectivity index (χ2n) is 18.3. The first-order chi connectivity index (χ1) is 37.7. The molecular weight excluding hydrogens is 937 g/mol. The van der Waals surface area contributed by atoms with Crippen LogP contribution >= 0.6 is 0 Å². The van der Waals surface area contributed by atoms with Crippen LogP contribution in [-0.4, -0.2) is 29.9 Å². The lowest BCUT2D eigenvalue weighted by Gasteiger charge is -2.36. The van der Waals surface area contributed by atoms with Crippen LogP contribution in [0.4, 0.5) is 34.1 Å². The molecule has 0 spiro atoms. The van der Waals surface area contributed by atoms with Gasteiger partial charge in [0.1, 0.15) is 0 Å². The highest BCUT2D eigenvalue weighted by Crippen LogP contribution is 2.57. The molecular formula is C66H42N8O2. The summed E-state index contributed by atoms with van der Waals surface area (Å²) in [4.78, 5) is 35.5. The van der Waals surface area contributed by atoms with Gasteiger partial charge in [-0.3, -0.25) is 0 Å². The van der Waals surface area contributed by atoms with Gasteiger partial charge in [-0.2, -0.15) is 0 Å². The molecule has 10 aromatic carbocycles. The number of ether oxygens (including phenoxy) is 2. The predicted octanol–water partition coefficient (Wildman–Crippen LogP) is 16.9. The Morgan fingerprint density at radius 1 is 0.211 bits per heavy atom. The predicted molar refractivity (Wildman–Crippen MR) is 301 cm³/mol. The fourth-order valence-electron chi connectivity index (χ4n) is 9.97. The standard InChI is InChI=1S/C66H42N8O2/c1-5-21-43(22-6-1)61-67-62(44-23-7-2-8-24-44)70-65(69-61)47-37-39-49(55(41-47)73-51-29-13-17-33-57(51)75-58-34-18-14-30-52(58)73)50-40-38-48(42-56(50)74-53-31-15-19-35-59(53)76-60-36-20-16-32-54(60)74)66-71-63(45-25-9-3-10-26-45)68-64(72-66)46-27-11-4-12-28-46/h1-42H. The molecule has 0 bridgehead atoms. The van der Waals surface area contributed by atoms with Crippen molar-refractivity contribution in [1.29, 1.82) is 0 Å². The molecule has 2 aliphatic rings. The van der Waals surface area contributed by atoms with E-state index in [-0.39, 0.29) is 0 Å². The molecule has 0 radical (unpaired) electrons. The van der Waals surface area contributed by atoms with E-state index in [0.29, 0.717) is 34.9 Å². The van der Waals surface area contributed by atoms with E-state index in [2.05, 4.69) is 70.5 Å². The fraction of sp³-hybridized carbons (Fsp3) is 0. The monoisotopic (exact) mass is 978 g/mol. The second kappa shape index (κ2) is 18.8. The third kappa shape index (κ3) is 8.03. The Labute approximate surface area is 438 Å². The fourth-order valence-corrected chi connectivity index (χ4v) is 9.97. The second-order valence-corrected chi connectivity index (χ2v) is 18.3. The van der Waals surface area contributed by atoms with Gasteiger partial charge in [-0.15, -0.1) is 0 Å². The summed E-state index contributed by atoms with van der Waals surface area (Å²) >= 11 is 0. The Morgan fingerprint density at radius 2 is 0.447 bits per heavy atom. The van der Waals surface area contributed by atoms with Gasteiger partial charge in [0.25, 0.3) is 0 Å². The molecule has 358 valence electrons. The van der Waals surface area contributed by atoms with Crippen LogP contribution in [0.2, 0.25) is 0 Å². The van der Waals surface area contributed by atoms with Crippen molar-refractivity contribution in [2.75, 3.05) is 9.80 Å². The Hall–Kier alpha value is -10.6. The minimum atomic E-state index is 0.528. The summed E-state index contributed by atoms with van der Waals surface area (Å²) in [5.41, 5.74) is 12.2. The van der Waals surface area contributed by atoms with Crippen molar-refractivity contribution in [3.8, 4) is 102 Å². The summed E-state index contributed by atoms with van der Waals surface area (Å²) in [5.74, 6) is 6.24. The summed E-state index contributed by atoms with van der Waals surface area (Å²) in [7, 11) is 0. The van der Waals surface area contributed by atoms with Gasteiger partial charge >= 0.3 is 0 Å². The zero-order valence-corrected chi connectivity index (χ0v) is 40.6. The lowest BCUT2D eigenvalue weighted by Crippen LogP contribution is -2.18. The number of nitrogens with zero attached hydrogens (tertiary/aromatic N) is 8. The van der Waals surface area contributed by atoms with Crippen LogP contribution < -0.4 is 19.3 Å². The molecule has 0 N–H and O–H groups in total. The zero-order valence-electron chi connectivity index (χ0n) is 40.6. The highest BCUT2D eigenvalue weighted by atomic mass is 16.5. The van der Waals surface area contributed by atoms with E-state index in [0.717, 1.165) is 102 Å². The molecule has 0 saturated heterocycles. The summed E-state index contributed by atoms with van der Waals surface area (Å²) in [6, 6.07) is 85.8. The first-order valence-corrected chi connectivity index (χ1v) is 25.0. The maximum absolute atomic E-state index is 6.65. The quantitative estimate of drug-likeness (QED) is 0.139. The number of anilines is 6. The number of fused-ring (bicyclic) bond motifs is 4. The van der Waals surface area contributed by atoms with Gasteiger partial charge in [-0.25, -0.2) is 29.9 Å². The maximum Gasteiger partial charge on any atom is 0.164 e. The van der Waals surface area contributed by atoms with Crippen molar-refractivity contribution < 1.29 is 9.47 Å². The van der Waals surface area contributed by atoms with Gasteiger partial charge < -0.3 is 19.3 Å². The molecule has 14 rings (SSSR count). The van der Waals surface area contributed by atoms with E-state index in [9.17, 15) is 0 Å². The Bertz CT molecular complexity index is 3670. The number of hydrogen-bond donors (Lipinski definition) is 0. The largest absolute Gasteiger partial charge is 0.453 e. The van der Waals surface area contributed by atoms with E-state index < -0.39 is 0 Å². The molecule has 0 fully saturated rings. The zero-order chi connectivity index (χ0) is 50.4. The van der Waals surface area contributed by atoms with Gasteiger partial charge in [0, 0.05) is 44.5 Å². The van der Waals surface area contributed by atoms with Crippen molar-refractivity contribution in [2.45, 2.75) is 0 Å². The topological polar surface area (TPSA) is 102 Å². The van der Waals surface area contributed by atoms with E-state index in [4.69, 9.17) is 39.4 Å². The first kappa shape index (κ1) is 44.1. The molecule has 0 aliphatic carbocycles. The first-order valence-electron chi connectivity index (χ1n) is 25.0. The molecule has 4 heterocycles. The van der Waals surface area contributed by atoms with Crippen LogP contribution in [0.15, 0.2) is 255 Å². The smallest absolute Gasteiger partial charge is 0.164 e. The minimum absolute atomic E-state index is 0.528. The van der Waals surface area contributed by atoms with Crippen LogP contribution in [0.3, 0.4) is 0 Å². The van der Waals surface area contributed by atoms with Gasteiger partial charge in [0.2, 0.25) is 0 Å². The summed E-state index contributed by atoms with van der Waals surface area (Å²) in [6.45, 7) is 0. The lowest BCUT2D eigenvalue weighted by atomic mass is 9.94. The summed E-state index contributed by atoms with van der Waals surface area (Å²) in [5, 5.41) is 0. The van der Waals surface area contributed by atoms with Crippen molar-refractivity contribution in [3.05, 3.63) is 255 Å². The average Bonchev–Trinajstić information content (AvgIpc) is 3.58. The summed E-state index contributed by atoms with van der Waals surface area (Å²) < 4.78 is 13.3. The van der Waals surface area contributed by atoms with Crippen LogP contribution in [0.1, 0.15) is 0 Å². The van der Waals surface area contributed by atoms with Crippen LogP contribution in [-0.2, 0) is 0 Å². The third-order valence-electron chi connectivity index (χ3n) is 13.5. The molecule has 2 aliphatic heterocycles. The number of hydrogen-bond acceptors (Lipinski definition) is 10. The van der Waals surface area contributed by atoms with Gasteiger partial charge in [0.15, 0.2) is 57.9 Å². The minimum Gasteiger partial charge on any atom is -0.453 e. The van der Waals surface area contributed by atoms with E-state index in [1.165, 1.54) is 0 Å². The molecule has 12 aromatic rings. The Kier molecular flexibility index (Phi) is 10.9. The molecule has 0 saturated carbocycles. The number of rotatable bonds is 9. The van der Waals surface area contributed by atoms with Crippen molar-refractivity contribution in [3.63, 3.8) is 0 Å². The molecule has 2 aromatic heterocycles.